The lowest BCUT2D eigenvalue weighted by Crippen LogP contribution is -2.33. The maximum atomic E-state index is 11.6. The van der Waals surface area contributed by atoms with Gasteiger partial charge in [0, 0.05) is 0 Å². The smallest absolute Gasteiger partial charge is 0.304 e. The predicted octanol–water partition coefficient (Wildman–Crippen LogP) is 0.114. The Hall–Kier alpha value is -1.44. The van der Waals surface area contributed by atoms with Gasteiger partial charge in [0.2, 0.25) is 10.0 Å². The standard InChI is InChI=1S/C11H15NO5S/c13-8-10(9-4-2-1-3-5-9)12-18(16,17)7-6-11(14)15/h1-5,10,12-13H,6-8H2,(H,14,15)/t10-/m0/s1. The van der Waals surface area contributed by atoms with Crippen molar-refractivity contribution in [2.24, 2.45) is 0 Å². The maximum Gasteiger partial charge on any atom is 0.304 e. The van der Waals surface area contributed by atoms with Crippen LogP contribution in [0.1, 0.15) is 18.0 Å². The van der Waals surface area contributed by atoms with Crippen molar-refractivity contribution in [3.63, 3.8) is 0 Å². The van der Waals surface area contributed by atoms with Crippen molar-refractivity contribution in [2.75, 3.05) is 12.4 Å². The molecule has 0 aliphatic carbocycles. The highest BCUT2D eigenvalue weighted by Gasteiger charge is 2.19. The zero-order valence-corrected chi connectivity index (χ0v) is 10.4. The number of sulfonamides is 1. The molecule has 18 heavy (non-hydrogen) atoms. The molecular formula is C11H15NO5S. The number of aliphatic hydroxyl groups excluding tert-OH is 1. The van der Waals surface area contributed by atoms with Gasteiger partial charge < -0.3 is 10.2 Å². The molecule has 0 radical (unpaired) electrons. The topological polar surface area (TPSA) is 104 Å². The van der Waals surface area contributed by atoms with E-state index < -0.39 is 40.8 Å². The molecule has 0 amide bonds. The minimum Gasteiger partial charge on any atom is -0.481 e. The molecule has 0 saturated heterocycles. The van der Waals surface area contributed by atoms with E-state index in [1.807, 2.05) is 0 Å². The molecule has 0 heterocycles. The molecule has 6 nitrogen and oxygen atoms in total. The van der Waals surface area contributed by atoms with Crippen LogP contribution in [0, 0.1) is 0 Å². The first-order valence-corrected chi connectivity index (χ1v) is 6.97. The summed E-state index contributed by atoms with van der Waals surface area (Å²) in [4.78, 5) is 10.3. The lowest BCUT2D eigenvalue weighted by atomic mass is 10.1. The monoisotopic (exact) mass is 273 g/mol. The highest BCUT2D eigenvalue weighted by molar-refractivity contribution is 7.89. The van der Waals surface area contributed by atoms with Crippen LogP contribution in [0.4, 0.5) is 0 Å². The Balaban J connectivity index is 2.72. The van der Waals surface area contributed by atoms with Crippen LogP contribution < -0.4 is 4.72 Å². The molecule has 1 aromatic rings. The Morgan fingerprint density at radius 1 is 1.28 bits per heavy atom. The fourth-order valence-electron chi connectivity index (χ4n) is 1.39. The number of nitrogens with one attached hydrogen (secondary N) is 1. The maximum absolute atomic E-state index is 11.6. The Bertz CT molecular complexity index is 485. The summed E-state index contributed by atoms with van der Waals surface area (Å²) in [5.74, 6) is -1.69. The molecular weight excluding hydrogens is 258 g/mol. The first kappa shape index (κ1) is 14.6. The molecule has 1 aromatic carbocycles. The van der Waals surface area contributed by atoms with E-state index >= 15 is 0 Å². The van der Waals surface area contributed by atoms with E-state index in [-0.39, 0.29) is 0 Å². The van der Waals surface area contributed by atoms with Gasteiger partial charge in [-0.25, -0.2) is 13.1 Å². The van der Waals surface area contributed by atoms with Crippen LogP contribution >= 0.6 is 0 Å². The third kappa shape index (κ3) is 4.82. The van der Waals surface area contributed by atoms with Crippen molar-refractivity contribution in [1.82, 2.24) is 4.72 Å². The number of aliphatic carboxylic acids is 1. The van der Waals surface area contributed by atoms with Crippen LogP contribution in [0.15, 0.2) is 30.3 Å². The summed E-state index contributed by atoms with van der Waals surface area (Å²) in [6.07, 6.45) is -0.470. The van der Waals surface area contributed by atoms with Crippen molar-refractivity contribution in [3.8, 4) is 0 Å². The molecule has 0 aliphatic heterocycles. The van der Waals surface area contributed by atoms with Gasteiger partial charge in [0.1, 0.15) is 0 Å². The number of hydrogen-bond donors (Lipinski definition) is 3. The third-order valence-corrected chi connectivity index (χ3v) is 3.68. The van der Waals surface area contributed by atoms with E-state index in [2.05, 4.69) is 4.72 Å². The molecule has 3 N–H and O–H groups in total. The molecule has 0 unspecified atom stereocenters. The van der Waals surface area contributed by atoms with Gasteiger partial charge in [-0.1, -0.05) is 30.3 Å². The van der Waals surface area contributed by atoms with E-state index in [1.165, 1.54) is 0 Å². The van der Waals surface area contributed by atoms with Crippen molar-refractivity contribution in [1.29, 1.82) is 0 Å². The molecule has 1 rings (SSSR count). The van der Waals surface area contributed by atoms with Gasteiger partial charge in [-0.3, -0.25) is 4.79 Å². The molecule has 1 atom stereocenters. The average molecular weight is 273 g/mol. The Morgan fingerprint density at radius 3 is 2.39 bits per heavy atom. The van der Waals surface area contributed by atoms with Crippen molar-refractivity contribution in [3.05, 3.63) is 35.9 Å². The normalized spacial score (nSPS) is 13.2. The Kier molecular flexibility index (Phi) is 5.26. The van der Waals surface area contributed by atoms with Gasteiger partial charge in [-0.05, 0) is 5.56 Å². The van der Waals surface area contributed by atoms with Gasteiger partial charge in [0.05, 0.1) is 24.8 Å². The number of carbonyl (C=O) groups is 1. The quantitative estimate of drug-likeness (QED) is 0.654. The molecule has 0 bridgehead atoms. The number of rotatable bonds is 7. The minimum atomic E-state index is -3.73. The van der Waals surface area contributed by atoms with E-state index in [0.29, 0.717) is 5.56 Å². The predicted molar refractivity (Wildman–Crippen MR) is 65.4 cm³/mol. The Labute approximate surface area is 105 Å². The van der Waals surface area contributed by atoms with Crippen LogP contribution in [0.3, 0.4) is 0 Å². The second-order valence-corrected chi connectivity index (χ2v) is 5.60. The molecule has 0 fully saturated rings. The summed E-state index contributed by atoms with van der Waals surface area (Å²) in [5.41, 5.74) is 0.624. The molecule has 100 valence electrons. The number of carboxylic acids is 1. The van der Waals surface area contributed by atoms with Crippen molar-refractivity contribution < 1.29 is 23.4 Å². The first-order valence-electron chi connectivity index (χ1n) is 5.32. The largest absolute Gasteiger partial charge is 0.481 e. The van der Waals surface area contributed by atoms with E-state index in [4.69, 9.17) is 5.11 Å². The van der Waals surface area contributed by atoms with Crippen LogP contribution in [-0.2, 0) is 14.8 Å². The lowest BCUT2D eigenvalue weighted by molar-refractivity contribution is -0.136. The first-order chi connectivity index (χ1) is 8.44. The number of hydrogen-bond acceptors (Lipinski definition) is 4. The van der Waals surface area contributed by atoms with Crippen LogP contribution in [0.2, 0.25) is 0 Å². The van der Waals surface area contributed by atoms with Crippen LogP contribution in [0.25, 0.3) is 0 Å². The number of aliphatic hydroxyl groups is 1. The van der Waals surface area contributed by atoms with E-state index in [1.54, 1.807) is 30.3 Å². The zero-order chi connectivity index (χ0) is 13.6. The van der Waals surface area contributed by atoms with E-state index in [9.17, 15) is 18.3 Å². The van der Waals surface area contributed by atoms with Crippen molar-refractivity contribution in [2.45, 2.75) is 12.5 Å². The van der Waals surface area contributed by atoms with Crippen molar-refractivity contribution >= 4 is 16.0 Å². The van der Waals surface area contributed by atoms with Gasteiger partial charge in [0.15, 0.2) is 0 Å². The summed E-state index contributed by atoms with van der Waals surface area (Å²) in [6, 6.07) is 7.83. The lowest BCUT2D eigenvalue weighted by Gasteiger charge is -2.16. The fraction of sp³-hybridized carbons (Fsp3) is 0.364. The van der Waals surface area contributed by atoms with Gasteiger partial charge >= 0.3 is 5.97 Å². The summed E-state index contributed by atoms with van der Waals surface area (Å²) in [7, 11) is -3.73. The van der Waals surface area contributed by atoms with Gasteiger partial charge in [0.25, 0.3) is 0 Å². The number of carboxylic acid groups (broad SMARTS) is 1. The summed E-state index contributed by atoms with van der Waals surface area (Å²) in [6.45, 7) is -0.393. The summed E-state index contributed by atoms with van der Waals surface area (Å²) < 4.78 is 25.5. The summed E-state index contributed by atoms with van der Waals surface area (Å²) in [5, 5.41) is 17.6. The SMILES string of the molecule is O=C(O)CCS(=O)(=O)N[C@@H](CO)c1ccccc1. The number of benzene rings is 1. The average Bonchev–Trinajstić information content (AvgIpc) is 2.35. The zero-order valence-electron chi connectivity index (χ0n) is 9.61. The highest BCUT2D eigenvalue weighted by atomic mass is 32.2. The molecule has 0 aliphatic rings. The molecule has 0 saturated carbocycles. The van der Waals surface area contributed by atoms with Gasteiger partial charge in [-0.15, -0.1) is 0 Å². The Morgan fingerprint density at radius 2 is 1.89 bits per heavy atom. The second-order valence-electron chi connectivity index (χ2n) is 3.73. The van der Waals surface area contributed by atoms with Gasteiger partial charge in [-0.2, -0.15) is 0 Å². The molecule has 0 aromatic heterocycles. The molecule has 7 heteroatoms. The highest BCUT2D eigenvalue weighted by Crippen LogP contribution is 2.13. The van der Waals surface area contributed by atoms with Crippen LogP contribution in [-0.4, -0.2) is 37.0 Å². The fourth-order valence-corrected chi connectivity index (χ4v) is 2.60. The molecule has 0 spiro atoms. The minimum absolute atomic E-state index is 0.393. The van der Waals surface area contributed by atoms with Crippen LogP contribution in [0.5, 0.6) is 0 Å². The van der Waals surface area contributed by atoms with E-state index in [0.717, 1.165) is 0 Å². The third-order valence-electron chi connectivity index (χ3n) is 2.29. The summed E-state index contributed by atoms with van der Waals surface area (Å²) >= 11 is 0. The second kappa shape index (κ2) is 6.48.